The van der Waals surface area contributed by atoms with Gasteiger partial charge in [0.25, 0.3) is 5.91 Å². The number of nitrogens with zero attached hydrogens (tertiary/aromatic N) is 2. The number of hydrogen-bond donors (Lipinski definition) is 0. The van der Waals surface area contributed by atoms with E-state index in [4.69, 9.17) is 12.2 Å². The molecule has 4 rings (SSSR count). The van der Waals surface area contributed by atoms with Crippen LogP contribution in [0.3, 0.4) is 0 Å². The van der Waals surface area contributed by atoms with Crippen LogP contribution in [0, 0.1) is 0 Å². The van der Waals surface area contributed by atoms with Crippen molar-refractivity contribution in [2.24, 2.45) is 0 Å². The highest BCUT2D eigenvalue weighted by molar-refractivity contribution is 8.26. The van der Waals surface area contributed by atoms with Crippen molar-refractivity contribution in [2.45, 2.75) is 6.42 Å². The standard InChI is InChI=1S/C21H16N2OS2/c24-20-19(14-17-11-10-16-8-4-5-9-18(16)22-17)26-21(25)23(20)13-12-15-6-2-1-3-7-15/h1-11,14H,12-13H2. The first-order valence-electron chi connectivity index (χ1n) is 8.36. The van der Waals surface area contributed by atoms with E-state index in [0.29, 0.717) is 15.8 Å². The van der Waals surface area contributed by atoms with E-state index in [-0.39, 0.29) is 5.91 Å². The molecule has 128 valence electrons. The molecular weight excluding hydrogens is 360 g/mol. The van der Waals surface area contributed by atoms with Crippen molar-refractivity contribution in [1.82, 2.24) is 9.88 Å². The number of benzene rings is 2. The zero-order chi connectivity index (χ0) is 17.9. The van der Waals surface area contributed by atoms with Gasteiger partial charge in [-0.05, 0) is 30.2 Å². The van der Waals surface area contributed by atoms with Crippen LogP contribution >= 0.6 is 24.0 Å². The molecule has 0 saturated carbocycles. The Bertz CT molecular complexity index is 1010. The number of thioether (sulfide) groups is 1. The van der Waals surface area contributed by atoms with Crippen molar-refractivity contribution in [2.75, 3.05) is 6.54 Å². The van der Waals surface area contributed by atoms with Gasteiger partial charge in [0.1, 0.15) is 4.32 Å². The predicted octanol–water partition coefficient (Wildman–Crippen LogP) is 4.68. The van der Waals surface area contributed by atoms with E-state index in [1.807, 2.05) is 60.7 Å². The van der Waals surface area contributed by atoms with E-state index in [9.17, 15) is 4.79 Å². The van der Waals surface area contributed by atoms with Crippen molar-refractivity contribution in [3.05, 3.63) is 82.9 Å². The molecule has 3 aromatic rings. The molecule has 5 heteroatoms. The number of hydrogen-bond acceptors (Lipinski definition) is 4. The minimum absolute atomic E-state index is 0.0362. The van der Waals surface area contributed by atoms with E-state index in [2.05, 4.69) is 17.1 Å². The first-order chi connectivity index (χ1) is 12.7. The smallest absolute Gasteiger partial charge is 0.266 e. The van der Waals surface area contributed by atoms with Gasteiger partial charge in [0.05, 0.1) is 16.1 Å². The van der Waals surface area contributed by atoms with Gasteiger partial charge in [0.15, 0.2) is 0 Å². The zero-order valence-electron chi connectivity index (χ0n) is 14.0. The molecule has 26 heavy (non-hydrogen) atoms. The minimum atomic E-state index is -0.0362. The number of fused-ring (bicyclic) bond motifs is 1. The van der Waals surface area contributed by atoms with Gasteiger partial charge < -0.3 is 0 Å². The number of rotatable bonds is 4. The van der Waals surface area contributed by atoms with Gasteiger partial charge in [0, 0.05) is 11.9 Å². The summed E-state index contributed by atoms with van der Waals surface area (Å²) in [5, 5.41) is 1.08. The molecule has 1 saturated heterocycles. The van der Waals surface area contributed by atoms with Crippen molar-refractivity contribution >= 4 is 51.2 Å². The van der Waals surface area contributed by atoms with Gasteiger partial charge in [-0.15, -0.1) is 0 Å². The van der Waals surface area contributed by atoms with Crippen LogP contribution in [0.4, 0.5) is 0 Å². The van der Waals surface area contributed by atoms with Crippen molar-refractivity contribution < 1.29 is 4.79 Å². The second-order valence-electron chi connectivity index (χ2n) is 6.00. The summed E-state index contributed by atoms with van der Waals surface area (Å²) >= 11 is 6.76. The predicted molar refractivity (Wildman–Crippen MR) is 112 cm³/mol. The maximum Gasteiger partial charge on any atom is 0.266 e. The Kier molecular flexibility index (Phi) is 4.82. The average Bonchev–Trinajstić information content (AvgIpc) is 2.94. The Morgan fingerprint density at radius 1 is 1.00 bits per heavy atom. The highest BCUT2D eigenvalue weighted by Gasteiger charge is 2.31. The van der Waals surface area contributed by atoms with Crippen LogP contribution in [0.2, 0.25) is 0 Å². The summed E-state index contributed by atoms with van der Waals surface area (Å²) in [4.78, 5) is 19.7. The summed E-state index contributed by atoms with van der Waals surface area (Å²) in [5.74, 6) is -0.0362. The first-order valence-corrected chi connectivity index (χ1v) is 9.58. The van der Waals surface area contributed by atoms with Crippen LogP contribution in [0.25, 0.3) is 17.0 Å². The molecular formula is C21H16N2OS2. The molecule has 0 atom stereocenters. The molecule has 0 radical (unpaired) electrons. The summed E-state index contributed by atoms with van der Waals surface area (Å²) < 4.78 is 0.609. The SMILES string of the molecule is O=C1C(=Cc2ccc3ccccc3n2)SC(=S)N1CCc1ccccc1. The monoisotopic (exact) mass is 376 g/mol. The Hall–Kier alpha value is -2.50. The number of carbonyl (C=O) groups excluding carboxylic acids is 1. The highest BCUT2D eigenvalue weighted by Crippen LogP contribution is 2.32. The lowest BCUT2D eigenvalue weighted by molar-refractivity contribution is -0.122. The Morgan fingerprint density at radius 2 is 1.77 bits per heavy atom. The maximum atomic E-state index is 12.7. The molecule has 3 nitrogen and oxygen atoms in total. The van der Waals surface area contributed by atoms with Gasteiger partial charge in [-0.25, -0.2) is 4.98 Å². The fraction of sp³-hybridized carbons (Fsp3) is 0.0952. The van der Waals surface area contributed by atoms with Crippen LogP contribution < -0.4 is 0 Å². The second-order valence-corrected chi connectivity index (χ2v) is 7.67. The average molecular weight is 377 g/mol. The van der Waals surface area contributed by atoms with E-state index in [1.54, 1.807) is 4.90 Å². The van der Waals surface area contributed by atoms with Crippen molar-refractivity contribution in [1.29, 1.82) is 0 Å². The fourth-order valence-corrected chi connectivity index (χ4v) is 4.17. The van der Waals surface area contributed by atoms with Gasteiger partial charge in [-0.2, -0.15) is 0 Å². The van der Waals surface area contributed by atoms with Crippen LogP contribution in [0.5, 0.6) is 0 Å². The quantitative estimate of drug-likeness (QED) is 0.489. The van der Waals surface area contributed by atoms with Crippen LogP contribution in [0.15, 0.2) is 71.6 Å². The molecule has 0 unspecified atom stereocenters. The number of thiocarbonyl (C=S) groups is 1. The number of amides is 1. The Balaban J connectivity index is 1.52. The number of para-hydroxylation sites is 1. The summed E-state index contributed by atoms with van der Waals surface area (Å²) in [6.45, 7) is 0.594. The third-order valence-corrected chi connectivity index (χ3v) is 5.62. The van der Waals surface area contributed by atoms with Gasteiger partial charge in [-0.3, -0.25) is 9.69 Å². The molecule has 0 aliphatic carbocycles. The van der Waals surface area contributed by atoms with Gasteiger partial charge >= 0.3 is 0 Å². The zero-order valence-corrected chi connectivity index (χ0v) is 15.6. The number of aromatic nitrogens is 1. The summed E-state index contributed by atoms with van der Waals surface area (Å²) in [5.41, 5.74) is 2.88. The third kappa shape index (κ3) is 3.54. The van der Waals surface area contributed by atoms with Crippen LogP contribution in [-0.2, 0) is 11.2 Å². The molecule has 0 N–H and O–H groups in total. The lowest BCUT2D eigenvalue weighted by Crippen LogP contribution is -2.30. The van der Waals surface area contributed by atoms with Crippen molar-refractivity contribution in [3.8, 4) is 0 Å². The topological polar surface area (TPSA) is 33.2 Å². The largest absolute Gasteiger partial charge is 0.293 e. The summed E-state index contributed by atoms with van der Waals surface area (Å²) in [6, 6.07) is 22.0. The maximum absolute atomic E-state index is 12.7. The number of carbonyl (C=O) groups is 1. The van der Waals surface area contributed by atoms with Crippen LogP contribution in [0.1, 0.15) is 11.3 Å². The van der Waals surface area contributed by atoms with Crippen molar-refractivity contribution in [3.63, 3.8) is 0 Å². The Labute approximate surface area is 161 Å². The molecule has 1 aliphatic heterocycles. The van der Waals surface area contributed by atoms with E-state index < -0.39 is 0 Å². The lowest BCUT2D eigenvalue weighted by Gasteiger charge is -2.14. The molecule has 1 fully saturated rings. The molecule has 2 aromatic carbocycles. The Morgan fingerprint density at radius 3 is 2.62 bits per heavy atom. The first kappa shape index (κ1) is 16.9. The minimum Gasteiger partial charge on any atom is -0.293 e. The number of pyridine rings is 1. The van der Waals surface area contributed by atoms with E-state index in [1.165, 1.54) is 17.3 Å². The molecule has 1 aromatic heterocycles. The van der Waals surface area contributed by atoms with E-state index in [0.717, 1.165) is 23.0 Å². The van der Waals surface area contributed by atoms with Gasteiger partial charge in [-0.1, -0.05) is 78.6 Å². The molecule has 2 heterocycles. The summed E-state index contributed by atoms with van der Waals surface area (Å²) in [6.07, 6.45) is 2.61. The van der Waals surface area contributed by atoms with E-state index >= 15 is 0 Å². The molecule has 1 aliphatic rings. The second kappa shape index (κ2) is 7.40. The van der Waals surface area contributed by atoms with Crippen LogP contribution in [-0.4, -0.2) is 26.7 Å². The fourth-order valence-electron chi connectivity index (χ4n) is 2.87. The van der Waals surface area contributed by atoms with Gasteiger partial charge in [0.2, 0.25) is 0 Å². The normalized spacial score (nSPS) is 16.0. The molecule has 0 spiro atoms. The third-order valence-electron chi connectivity index (χ3n) is 4.24. The molecule has 1 amide bonds. The highest BCUT2D eigenvalue weighted by atomic mass is 32.2. The summed E-state index contributed by atoms with van der Waals surface area (Å²) in [7, 11) is 0. The lowest BCUT2D eigenvalue weighted by atomic mass is 10.1. The molecule has 0 bridgehead atoms.